The maximum atomic E-state index is 5.72. The van der Waals surface area contributed by atoms with Crippen molar-refractivity contribution in [1.29, 1.82) is 0 Å². The molecule has 13 heavy (non-hydrogen) atoms. The molecular weight excluding hydrogens is 160 g/mol. The maximum absolute atomic E-state index is 5.72. The highest BCUT2D eigenvalue weighted by Gasteiger charge is 2.37. The molecule has 1 fully saturated rings. The average Bonchev–Trinajstić information content (AvgIpc) is 2.26. The van der Waals surface area contributed by atoms with E-state index < -0.39 is 0 Å². The molecule has 0 radical (unpaired) electrons. The number of likely N-dealkylation sites (tertiary alicyclic amines) is 1. The molecule has 78 valence electrons. The van der Waals surface area contributed by atoms with Gasteiger partial charge in [0.25, 0.3) is 0 Å². The van der Waals surface area contributed by atoms with Crippen molar-refractivity contribution in [1.82, 2.24) is 4.90 Å². The summed E-state index contributed by atoms with van der Waals surface area (Å²) < 4.78 is 0. The summed E-state index contributed by atoms with van der Waals surface area (Å²) in [6.45, 7) is 12.5. The average molecular weight is 184 g/mol. The third-order valence-electron chi connectivity index (χ3n) is 3.04. The summed E-state index contributed by atoms with van der Waals surface area (Å²) >= 11 is 0. The lowest BCUT2D eigenvalue weighted by Crippen LogP contribution is -2.40. The molecule has 0 aromatic heterocycles. The van der Waals surface area contributed by atoms with Crippen LogP contribution in [0, 0.1) is 11.8 Å². The molecule has 0 aromatic rings. The Kier molecular flexibility index (Phi) is 3.36. The van der Waals surface area contributed by atoms with Crippen LogP contribution < -0.4 is 5.73 Å². The highest BCUT2D eigenvalue weighted by Crippen LogP contribution is 2.32. The highest BCUT2D eigenvalue weighted by molar-refractivity contribution is 4.93. The van der Waals surface area contributed by atoms with Crippen molar-refractivity contribution in [3.63, 3.8) is 0 Å². The van der Waals surface area contributed by atoms with Gasteiger partial charge in [-0.25, -0.2) is 0 Å². The van der Waals surface area contributed by atoms with Crippen LogP contribution in [-0.4, -0.2) is 30.1 Å². The molecule has 0 bridgehead atoms. The van der Waals surface area contributed by atoms with E-state index in [1.54, 1.807) is 0 Å². The van der Waals surface area contributed by atoms with Gasteiger partial charge in [0.2, 0.25) is 0 Å². The molecule has 0 spiro atoms. The molecule has 0 amide bonds. The second-order valence-corrected chi connectivity index (χ2v) is 5.42. The van der Waals surface area contributed by atoms with Crippen LogP contribution in [-0.2, 0) is 0 Å². The number of nitrogens with zero attached hydrogens (tertiary/aromatic N) is 1. The first-order chi connectivity index (χ1) is 5.95. The van der Waals surface area contributed by atoms with Gasteiger partial charge < -0.3 is 5.73 Å². The zero-order valence-electron chi connectivity index (χ0n) is 9.51. The quantitative estimate of drug-likeness (QED) is 0.723. The minimum Gasteiger partial charge on any atom is -0.330 e. The number of hydrogen-bond donors (Lipinski definition) is 1. The number of hydrogen-bond acceptors (Lipinski definition) is 2. The summed E-state index contributed by atoms with van der Waals surface area (Å²) in [5.74, 6) is 1.48. The van der Waals surface area contributed by atoms with Crippen LogP contribution >= 0.6 is 0 Å². The Labute approximate surface area is 82.5 Å². The van der Waals surface area contributed by atoms with Crippen molar-refractivity contribution in [2.45, 2.75) is 39.7 Å². The van der Waals surface area contributed by atoms with Crippen LogP contribution in [0.3, 0.4) is 0 Å². The Morgan fingerprint density at radius 2 is 2.08 bits per heavy atom. The van der Waals surface area contributed by atoms with Gasteiger partial charge in [-0.1, -0.05) is 13.8 Å². The van der Waals surface area contributed by atoms with Gasteiger partial charge in [0, 0.05) is 18.6 Å². The lowest BCUT2D eigenvalue weighted by molar-refractivity contribution is 0.155. The monoisotopic (exact) mass is 184 g/mol. The third-order valence-corrected chi connectivity index (χ3v) is 3.04. The fourth-order valence-electron chi connectivity index (χ4n) is 2.38. The summed E-state index contributed by atoms with van der Waals surface area (Å²) in [6, 6.07) is 0. The molecule has 0 saturated carbocycles. The minimum absolute atomic E-state index is 0.369. The summed E-state index contributed by atoms with van der Waals surface area (Å²) in [5, 5.41) is 0. The Balaban J connectivity index is 2.54. The molecule has 1 aliphatic rings. The maximum Gasteiger partial charge on any atom is 0.0157 e. The first kappa shape index (κ1) is 11.0. The van der Waals surface area contributed by atoms with E-state index in [-0.39, 0.29) is 0 Å². The molecule has 1 aliphatic heterocycles. The van der Waals surface area contributed by atoms with E-state index in [2.05, 4.69) is 32.6 Å². The molecule has 2 nitrogen and oxygen atoms in total. The van der Waals surface area contributed by atoms with Gasteiger partial charge in [-0.15, -0.1) is 0 Å². The molecule has 0 aromatic carbocycles. The molecular formula is C11H24N2. The number of nitrogens with two attached hydrogens (primary N) is 1. The fraction of sp³-hybridized carbons (Fsp3) is 1.00. The van der Waals surface area contributed by atoms with Crippen LogP contribution in [0.25, 0.3) is 0 Å². The summed E-state index contributed by atoms with van der Waals surface area (Å²) in [6.07, 6.45) is 1.26. The van der Waals surface area contributed by atoms with Gasteiger partial charge in [-0.3, -0.25) is 4.90 Å². The van der Waals surface area contributed by atoms with E-state index in [1.165, 1.54) is 19.5 Å². The second-order valence-electron chi connectivity index (χ2n) is 5.42. The van der Waals surface area contributed by atoms with Gasteiger partial charge in [-0.05, 0) is 38.6 Å². The summed E-state index contributed by atoms with van der Waals surface area (Å²) in [7, 11) is 0. The van der Waals surface area contributed by atoms with Crippen molar-refractivity contribution in [2.24, 2.45) is 17.6 Å². The number of rotatable bonds is 3. The van der Waals surface area contributed by atoms with E-state index in [1.807, 2.05) is 0 Å². The van der Waals surface area contributed by atoms with Crippen LogP contribution in [0.1, 0.15) is 34.1 Å². The first-order valence-electron chi connectivity index (χ1n) is 5.41. The van der Waals surface area contributed by atoms with Crippen molar-refractivity contribution in [2.75, 3.05) is 19.6 Å². The zero-order valence-corrected chi connectivity index (χ0v) is 9.51. The SMILES string of the molecule is CC(C)CN1CC(CN)CC1(C)C. The van der Waals surface area contributed by atoms with Gasteiger partial charge in [-0.2, -0.15) is 0 Å². The Morgan fingerprint density at radius 1 is 1.46 bits per heavy atom. The summed E-state index contributed by atoms with van der Waals surface area (Å²) in [5.41, 5.74) is 6.09. The van der Waals surface area contributed by atoms with Crippen molar-refractivity contribution >= 4 is 0 Å². The van der Waals surface area contributed by atoms with Crippen molar-refractivity contribution in [3.8, 4) is 0 Å². The standard InChI is InChI=1S/C11H24N2/c1-9(2)7-13-8-10(6-12)5-11(13,3)4/h9-10H,5-8,12H2,1-4H3. The molecule has 1 saturated heterocycles. The first-order valence-corrected chi connectivity index (χ1v) is 5.41. The lowest BCUT2D eigenvalue weighted by Gasteiger charge is -2.32. The lowest BCUT2D eigenvalue weighted by atomic mass is 9.96. The Bertz CT molecular complexity index is 163. The van der Waals surface area contributed by atoms with Crippen LogP contribution in [0.2, 0.25) is 0 Å². The molecule has 1 rings (SSSR count). The molecule has 1 heterocycles. The normalized spacial score (nSPS) is 28.6. The Hall–Kier alpha value is -0.0800. The van der Waals surface area contributed by atoms with Crippen molar-refractivity contribution < 1.29 is 0 Å². The van der Waals surface area contributed by atoms with Gasteiger partial charge >= 0.3 is 0 Å². The van der Waals surface area contributed by atoms with Gasteiger partial charge in [0.15, 0.2) is 0 Å². The van der Waals surface area contributed by atoms with Crippen molar-refractivity contribution in [3.05, 3.63) is 0 Å². The van der Waals surface area contributed by atoms with Gasteiger partial charge in [0.05, 0.1) is 0 Å². The fourth-order valence-corrected chi connectivity index (χ4v) is 2.38. The predicted molar refractivity (Wildman–Crippen MR) is 57.7 cm³/mol. The van der Waals surface area contributed by atoms with E-state index in [4.69, 9.17) is 5.73 Å². The zero-order chi connectivity index (χ0) is 10.1. The molecule has 2 N–H and O–H groups in total. The molecule has 2 heteroatoms. The van der Waals surface area contributed by atoms with Gasteiger partial charge in [0.1, 0.15) is 0 Å². The smallest absolute Gasteiger partial charge is 0.0157 e. The van der Waals surface area contributed by atoms with Crippen LogP contribution in [0.5, 0.6) is 0 Å². The van der Waals surface area contributed by atoms with E-state index in [0.29, 0.717) is 11.5 Å². The molecule has 0 aliphatic carbocycles. The minimum atomic E-state index is 0.369. The highest BCUT2D eigenvalue weighted by atomic mass is 15.2. The van der Waals surface area contributed by atoms with Crippen LogP contribution in [0.15, 0.2) is 0 Å². The van der Waals surface area contributed by atoms with E-state index in [0.717, 1.165) is 12.5 Å². The molecule has 1 atom stereocenters. The second kappa shape index (κ2) is 3.97. The topological polar surface area (TPSA) is 29.3 Å². The van der Waals surface area contributed by atoms with E-state index in [9.17, 15) is 0 Å². The Morgan fingerprint density at radius 3 is 2.46 bits per heavy atom. The predicted octanol–water partition coefficient (Wildman–Crippen LogP) is 1.70. The molecule has 1 unspecified atom stereocenters. The van der Waals surface area contributed by atoms with Crippen LogP contribution in [0.4, 0.5) is 0 Å². The third kappa shape index (κ3) is 2.68. The summed E-state index contributed by atoms with van der Waals surface area (Å²) in [4.78, 5) is 2.59. The van der Waals surface area contributed by atoms with E-state index >= 15 is 0 Å². The largest absolute Gasteiger partial charge is 0.330 e.